The van der Waals surface area contributed by atoms with E-state index in [1.54, 1.807) is 0 Å². The summed E-state index contributed by atoms with van der Waals surface area (Å²) in [5.74, 6) is 0. The van der Waals surface area contributed by atoms with Gasteiger partial charge in [-0.2, -0.15) is 0 Å². The molecular weight excluding hydrogens is 179 g/mol. The molecule has 0 amide bonds. The molecule has 2 nitrogen and oxygen atoms in total. The second-order valence-corrected chi connectivity index (χ2v) is 0.125. The first-order valence-corrected chi connectivity index (χ1v) is 3.04. The van der Waals surface area contributed by atoms with E-state index in [1.165, 1.54) is 6.01 Å². The van der Waals surface area contributed by atoms with Crippen LogP contribution in [0.25, 0.3) is 0 Å². The van der Waals surface area contributed by atoms with Crippen LogP contribution in [-0.4, -0.2) is 10.9 Å². The Hall–Kier alpha value is 0.110. The fraction of sp³-hybridized carbons (Fsp3) is 0.500. The highest BCUT2D eigenvalue weighted by Crippen LogP contribution is 1.48. The topological polar surface area (TPSA) is 47.7 Å². The van der Waals surface area contributed by atoms with Crippen molar-refractivity contribution >= 4 is 28.6 Å². The second kappa shape index (κ2) is 32.3. The number of halogens is 1. The highest BCUT2D eigenvalue weighted by molar-refractivity contribution is 14.1. The van der Waals surface area contributed by atoms with Crippen molar-refractivity contribution in [1.82, 2.24) is 0 Å². The van der Waals surface area contributed by atoms with Crippen LogP contribution >= 0.6 is 22.6 Å². The molecule has 5 heavy (non-hydrogen) atoms. The van der Waals surface area contributed by atoms with Gasteiger partial charge in [0.2, 0.25) is 0 Å². The van der Waals surface area contributed by atoms with Gasteiger partial charge in [-0.05, 0) is 4.93 Å². The Labute approximate surface area is 44.7 Å². The van der Waals surface area contributed by atoms with E-state index in [0.717, 1.165) is 0 Å². The quantitative estimate of drug-likeness (QED) is 0.324. The lowest BCUT2D eigenvalue weighted by Gasteiger charge is -1.09. The standard InChI is InChI=1S/CH3I.CH2N2/c1-2;2-1-3/h1H3;2-3H. The van der Waals surface area contributed by atoms with Gasteiger partial charge in [-0.25, -0.2) is 10.8 Å². The van der Waals surface area contributed by atoms with E-state index in [4.69, 9.17) is 10.8 Å². The Morgan fingerprint density at radius 3 is 1.40 bits per heavy atom. The molecular formula is C2H5IN2. The first kappa shape index (κ1) is 8.92. The largest absolute Gasteiger partial charge is 0.242 e. The van der Waals surface area contributed by atoms with Gasteiger partial charge in [0.1, 0.15) is 0 Å². The molecule has 0 spiro atoms. The van der Waals surface area contributed by atoms with Crippen LogP contribution in [0.5, 0.6) is 0 Å². The van der Waals surface area contributed by atoms with Crippen molar-refractivity contribution in [2.75, 3.05) is 4.93 Å². The molecule has 0 aliphatic heterocycles. The van der Waals surface area contributed by atoms with Gasteiger partial charge in [0.05, 0.1) is 6.01 Å². The molecule has 30 valence electrons. The average molecular weight is 184 g/mol. The zero-order valence-electron chi connectivity index (χ0n) is 2.88. The van der Waals surface area contributed by atoms with E-state index >= 15 is 0 Å². The van der Waals surface area contributed by atoms with Crippen molar-refractivity contribution in [2.24, 2.45) is 0 Å². The van der Waals surface area contributed by atoms with Crippen molar-refractivity contribution in [3.05, 3.63) is 0 Å². The van der Waals surface area contributed by atoms with E-state index in [9.17, 15) is 0 Å². The summed E-state index contributed by atoms with van der Waals surface area (Å²) in [5, 5.41) is 11.2. The van der Waals surface area contributed by atoms with E-state index in [0.29, 0.717) is 0 Å². The summed E-state index contributed by atoms with van der Waals surface area (Å²) >= 11 is 2.15. The summed E-state index contributed by atoms with van der Waals surface area (Å²) in [6, 6.07) is 1.25. The van der Waals surface area contributed by atoms with Gasteiger partial charge in [-0.15, -0.1) is 0 Å². The smallest absolute Gasteiger partial charge is 0.0831 e. The van der Waals surface area contributed by atoms with Gasteiger partial charge in [0, 0.05) is 0 Å². The van der Waals surface area contributed by atoms with E-state index < -0.39 is 0 Å². The third-order valence-electron chi connectivity index (χ3n) is 0. The molecule has 0 aromatic heterocycles. The summed E-state index contributed by atoms with van der Waals surface area (Å²) in [6.07, 6.45) is 0. The monoisotopic (exact) mass is 184 g/mol. The molecule has 0 rings (SSSR count). The van der Waals surface area contributed by atoms with Crippen molar-refractivity contribution in [3.63, 3.8) is 0 Å². The molecule has 0 bridgehead atoms. The lowest BCUT2D eigenvalue weighted by molar-refractivity contribution is 1.47. The summed E-state index contributed by atoms with van der Waals surface area (Å²) in [4.78, 5) is 1.97. The Bertz CT molecular complexity index is 28.6. The minimum absolute atomic E-state index is 1.25. The molecule has 0 unspecified atom stereocenters. The van der Waals surface area contributed by atoms with Crippen molar-refractivity contribution in [1.29, 1.82) is 10.8 Å². The molecule has 0 heterocycles. The van der Waals surface area contributed by atoms with Gasteiger partial charge in [0.25, 0.3) is 0 Å². The van der Waals surface area contributed by atoms with Gasteiger partial charge >= 0.3 is 0 Å². The summed E-state index contributed by atoms with van der Waals surface area (Å²) in [7, 11) is 0. The summed E-state index contributed by atoms with van der Waals surface area (Å²) < 4.78 is 0. The first-order valence-electron chi connectivity index (χ1n) is 0.878. The fourth-order valence-corrected chi connectivity index (χ4v) is 0. The first-order chi connectivity index (χ1) is 2.41. The molecule has 2 N–H and O–H groups in total. The van der Waals surface area contributed by atoms with Crippen LogP contribution in [0.2, 0.25) is 0 Å². The number of nitrogens with one attached hydrogen (secondary N) is 2. The maximum atomic E-state index is 5.62. The maximum absolute atomic E-state index is 5.62. The molecule has 0 aromatic rings. The normalized spacial score (nSPS) is 2.80. The Morgan fingerprint density at radius 1 is 1.40 bits per heavy atom. The fourth-order valence-electron chi connectivity index (χ4n) is 0. The third-order valence-corrected chi connectivity index (χ3v) is 0. The molecule has 0 saturated heterocycles. The van der Waals surface area contributed by atoms with Crippen molar-refractivity contribution in [3.8, 4) is 0 Å². The molecule has 0 radical (unpaired) electrons. The van der Waals surface area contributed by atoms with Crippen LogP contribution in [0.3, 0.4) is 0 Å². The van der Waals surface area contributed by atoms with Crippen LogP contribution in [0.15, 0.2) is 0 Å². The highest BCUT2D eigenvalue weighted by Gasteiger charge is 0.950. The third kappa shape index (κ3) is 1510. The van der Waals surface area contributed by atoms with Crippen molar-refractivity contribution in [2.45, 2.75) is 0 Å². The lowest BCUT2D eigenvalue weighted by atomic mass is 11.6. The zero-order valence-corrected chi connectivity index (χ0v) is 5.04. The van der Waals surface area contributed by atoms with Gasteiger partial charge in [-0.1, -0.05) is 22.6 Å². The molecule has 0 aromatic carbocycles. The average Bonchev–Trinajstić information content (AvgIpc) is 1.46. The Morgan fingerprint density at radius 2 is 1.40 bits per heavy atom. The van der Waals surface area contributed by atoms with E-state index in [1.807, 2.05) is 4.93 Å². The Balaban J connectivity index is 0. The number of hydrogen-bond donors (Lipinski definition) is 2. The molecule has 0 saturated carbocycles. The minimum Gasteiger partial charge on any atom is -0.242 e. The van der Waals surface area contributed by atoms with Crippen LogP contribution in [-0.2, 0) is 0 Å². The predicted molar refractivity (Wildman–Crippen MR) is 30.4 cm³/mol. The number of hydrogen-bond acceptors (Lipinski definition) is 2. The van der Waals surface area contributed by atoms with Gasteiger partial charge in [-0.3, -0.25) is 0 Å². The molecule has 0 atom stereocenters. The molecule has 3 heteroatoms. The predicted octanol–water partition coefficient (Wildman–Crippen LogP) is 1.37. The van der Waals surface area contributed by atoms with Crippen molar-refractivity contribution < 1.29 is 0 Å². The number of rotatable bonds is 0. The SMILES string of the molecule is CI.N=C=N. The molecule has 0 aliphatic rings. The molecule has 0 aliphatic carbocycles. The summed E-state index contributed by atoms with van der Waals surface area (Å²) in [6.45, 7) is 0. The number of alkyl halides is 1. The summed E-state index contributed by atoms with van der Waals surface area (Å²) in [5.41, 5.74) is 0. The van der Waals surface area contributed by atoms with E-state index in [2.05, 4.69) is 22.6 Å². The van der Waals surface area contributed by atoms with Crippen LogP contribution < -0.4 is 0 Å². The minimum atomic E-state index is 1.25. The maximum Gasteiger partial charge on any atom is 0.0831 e. The zero-order chi connectivity index (χ0) is 4.71. The van der Waals surface area contributed by atoms with Crippen LogP contribution in [0, 0.1) is 10.8 Å². The van der Waals surface area contributed by atoms with E-state index in [-0.39, 0.29) is 0 Å². The van der Waals surface area contributed by atoms with Crippen LogP contribution in [0.4, 0.5) is 0 Å². The molecule has 0 fully saturated rings. The second-order valence-electron chi connectivity index (χ2n) is 0.125. The highest BCUT2D eigenvalue weighted by atomic mass is 127. The Kier molecular flexibility index (Phi) is 57.6. The van der Waals surface area contributed by atoms with Crippen LogP contribution in [0.1, 0.15) is 0 Å². The van der Waals surface area contributed by atoms with Gasteiger partial charge in [0.15, 0.2) is 0 Å². The lowest BCUT2D eigenvalue weighted by Crippen LogP contribution is -1.11. The van der Waals surface area contributed by atoms with Gasteiger partial charge < -0.3 is 0 Å².